The van der Waals surface area contributed by atoms with Crippen LogP contribution in [0.15, 0.2) is 54.7 Å². The molecule has 1 aromatic carbocycles. The van der Waals surface area contributed by atoms with Gasteiger partial charge in [-0.25, -0.2) is 4.79 Å². The van der Waals surface area contributed by atoms with Gasteiger partial charge in [-0.15, -0.1) is 0 Å². The van der Waals surface area contributed by atoms with E-state index in [1.165, 1.54) is 0 Å². The van der Waals surface area contributed by atoms with E-state index in [1.807, 2.05) is 31.2 Å². The smallest absolute Gasteiger partial charge is 0.330 e. The number of aryl methyl sites for hydroxylation is 1. The molecule has 1 N–H and O–H groups in total. The van der Waals surface area contributed by atoms with Gasteiger partial charge in [0.2, 0.25) is 5.91 Å². The SMILES string of the molecule is CCOC(=O)/C=C/C(=O)Nc1ccnc(-c2cccc(C)c2)c1. The Bertz CT molecular complexity index is 739. The quantitative estimate of drug-likeness (QED) is 0.680. The fraction of sp³-hybridized carbons (Fsp3) is 0.167. The first-order valence-electron chi connectivity index (χ1n) is 7.27. The summed E-state index contributed by atoms with van der Waals surface area (Å²) in [5, 5.41) is 2.69. The highest BCUT2D eigenvalue weighted by Crippen LogP contribution is 2.21. The number of carbonyl (C=O) groups is 2. The Morgan fingerprint density at radius 3 is 2.78 bits per heavy atom. The van der Waals surface area contributed by atoms with Crippen molar-refractivity contribution >= 4 is 17.6 Å². The van der Waals surface area contributed by atoms with E-state index in [0.29, 0.717) is 5.69 Å². The summed E-state index contributed by atoms with van der Waals surface area (Å²) < 4.78 is 4.71. The molecule has 23 heavy (non-hydrogen) atoms. The van der Waals surface area contributed by atoms with E-state index in [1.54, 1.807) is 25.3 Å². The van der Waals surface area contributed by atoms with Crippen molar-refractivity contribution in [2.24, 2.45) is 0 Å². The third-order valence-electron chi connectivity index (χ3n) is 3.00. The molecule has 0 aliphatic carbocycles. The van der Waals surface area contributed by atoms with Gasteiger partial charge < -0.3 is 10.1 Å². The van der Waals surface area contributed by atoms with Crippen LogP contribution in [0.25, 0.3) is 11.3 Å². The summed E-state index contributed by atoms with van der Waals surface area (Å²) in [4.78, 5) is 27.3. The summed E-state index contributed by atoms with van der Waals surface area (Å²) in [5.41, 5.74) is 3.48. The van der Waals surface area contributed by atoms with Crippen molar-refractivity contribution in [2.75, 3.05) is 11.9 Å². The molecule has 5 nitrogen and oxygen atoms in total. The van der Waals surface area contributed by atoms with Crippen molar-refractivity contribution in [3.63, 3.8) is 0 Å². The van der Waals surface area contributed by atoms with Crippen LogP contribution in [0.4, 0.5) is 5.69 Å². The predicted octanol–water partition coefficient (Wildman–Crippen LogP) is 3.11. The highest BCUT2D eigenvalue weighted by Gasteiger charge is 2.04. The standard InChI is InChI=1S/C18H18N2O3/c1-3-23-18(22)8-7-17(21)20-15-9-10-19-16(12-15)14-6-4-5-13(2)11-14/h4-12H,3H2,1-2H3,(H,19,20,21)/b8-7+. The van der Waals surface area contributed by atoms with Crippen LogP contribution in [0, 0.1) is 6.92 Å². The van der Waals surface area contributed by atoms with Gasteiger partial charge in [0.1, 0.15) is 0 Å². The Hall–Kier alpha value is -2.95. The Labute approximate surface area is 135 Å². The fourth-order valence-corrected chi connectivity index (χ4v) is 1.99. The normalized spacial score (nSPS) is 10.5. The topological polar surface area (TPSA) is 68.3 Å². The summed E-state index contributed by atoms with van der Waals surface area (Å²) in [5.74, 6) is -0.947. The summed E-state index contributed by atoms with van der Waals surface area (Å²) in [6, 6.07) is 11.4. The lowest BCUT2D eigenvalue weighted by Gasteiger charge is -2.06. The summed E-state index contributed by atoms with van der Waals surface area (Å²) >= 11 is 0. The maximum atomic E-state index is 11.8. The van der Waals surface area contributed by atoms with Gasteiger partial charge in [-0.2, -0.15) is 0 Å². The molecule has 0 radical (unpaired) electrons. The molecule has 0 aliphatic heterocycles. The van der Waals surface area contributed by atoms with Crippen LogP contribution in [0.3, 0.4) is 0 Å². The maximum absolute atomic E-state index is 11.8. The second kappa shape index (κ2) is 7.89. The lowest BCUT2D eigenvalue weighted by atomic mass is 10.1. The van der Waals surface area contributed by atoms with Crippen LogP contribution in [0.2, 0.25) is 0 Å². The van der Waals surface area contributed by atoms with E-state index < -0.39 is 11.9 Å². The zero-order valence-electron chi connectivity index (χ0n) is 13.1. The maximum Gasteiger partial charge on any atom is 0.330 e. The monoisotopic (exact) mass is 310 g/mol. The van der Waals surface area contributed by atoms with Crippen molar-refractivity contribution in [2.45, 2.75) is 13.8 Å². The van der Waals surface area contributed by atoms with Crippen LogP contribution < -0.4 is 5.32 Å². The number of esters is 1. The highest BCUT2D eigenvalue weighted by molar-refractivity contribution is 6.02. The molecule has 1 amide bonds. The Balaban J connectivity index is 2.08. The Morgan fingerprint density at radius 1 is 1.22 bits per heavy atom. The second-order valence-electron chi connectivity index (χ2n) is 4.87. The number of pyridine rings is 1. The zero-order valence-corrected chi connectivity index (χ0v) is 13.1. The first-order valence-corrected chi connectivity index (χ1v) is 7.27. The predicted molar refractivity (Wildman–Crippen MR) is 88.8 cm³/mol. The first-order chi connectivity index (χ1) is 11.1. The van der Waals surface area contributed by atoms with Gasteiger partial charge >= 0.3 is 5.97 Å². The lowest BCUT2D eigenvalue weighted by molar-refractivity contribution is -0.137. The third-order valence-corrected chi connectivity index (χ3v) is 3.00. The average molecular weight is 310 g/mol. The van der Waals surface area contributed by atoms with Crippen molar-refractivity contribution in [3.05, 3.63) is 60.3 Å². The number of carbonyl (C=O) groups excluding carboxylic acids is 2. The molecular weight excluding hydrogens is 292 g/mol. The molecule has 118 valence electrons. The van der Waals surface area contributed by atoms with Crippen LogP contribution in [-0.4, -0.2) is 23.5 Å². The molecule has 0 atom stereocenters. The number of benzene rings is 1. The summed E-state index contributed by atoms with van der Waals surface area (Å²) in [6.45, 7) is 3.99. The minimum atomic E-state index is -0.544. The van der Waals surface area contributed by atoms with E-state index in [0.717, 1.165) is 29.0 Å². The molecule has 1 heterocycles. The highest BCUT2D eigenvalue weighted by atomic mass is 16.5. The number of ether oxygens (including phenoxy) is 1. The summed E-state index contributed by atoms with van der Waals surface area (Å²) in [6.07, 6.45) is 3.87. The first kappa shape index (κ1) is 16.4. The van der Waals surface area contributed by atoms with Gasteiger partial charge in [-0.3, -0.25) is 9.78 Å². The van der Waals surface area contributed by atoms with E-state index in [4.69, 9.17) is 4.74 Å². The average Bonchev–Trinajstić information content (AvgIpc) is 2.53. The van der Waals surface area contributed by atoms with Crippen molar-refractivity contribution in [1.29, 1.82) is 0 Å². The van der Waals surface area contributed by atoms with Gasteiger partial charge in [0.15, 0.2) is 0 Å². The summed E-state index contributed by atoms with van der Waals surface area (Å²) in [7, 11) is 0. The van der Waals surface area contributed by atoms with Gasteiger partial charge in [0, 0.05) is 29.6 Å². The van der Waals surface area contributed by atoms with Crippen molar-refractivity contribution in [3.8, 4) is 11.3 Å². The molecule has 0 bridgehead atoms. The number of aromatic nitrogens is 1. The molecule has 0 unspecified atom stereocenters. The number of nitrogens with zero attached hydrogens (tertiary/aromatic N) is 1. The minimum Gasteiger partial charge on any atom is -0.463 e. The largest absolute Gasteiger partial charge is 0.463 e. The molecule has 1 aromatic heterocycles. The van der Waals surface area contributed by atoms with Gasteiger partial charge in [-0.1, -0.05) is 23.8 Å². The van der Waals surface area contributed by atoms with Crippen LogP contribution in [0.5, 0.6) is 0 Å². The van der Waals surface area contributed by atoms with E-state index in [-0.39, 0.29) is 6.61 Å². The number of anilines is 1. The number of rotatable bonds is 5. The minimum absolute atomic E-state index is 0.273. The van der Waals surface area contributed by atoms with E-state index in [9.17, 15) is 9.59 Å². The molecule has 0 saturated heterocycles. The Kier molecular flexibility index (Phi) is 5.63. The third kappa shape index (κ3) is 5.07. The van der Waals surface area contributed by atoms with Crippen molar-refractivity contribution in [1.82, 2.24) is 4.98 Å². The van der Waals surface area contributed by atoms with Crippen molar-refractivity contribution < 1.29 is 14.3 Å². The van der Waals surface area contributed by atoms with Crippen LogP contribution in [-0.2, 0) is 14.3 Å². The lowest BCUT2D eigenvalue weighted by Crippen LogP contribution is -2.09. The molecule has 0 spiro atoms. The Morgan fingerprint density at radius 2 is 2.04 bits per heavy atom. The molecule has 0 fully saturated rings. The van der Waals surface area contributed by atoms with Gasteiger partial charge in [0.25, 0.3) is 0 Å². The molecule has 2 rings (SSSR count). The van der Waals surface area contributed by atoms with Gasteiger partial charge in [-0.05, 0) is 32.0 Å². The van der Waals surface area contributed by atoms with Crippen LogP contribution >= 0.6 is 0 Å². The number of nitrogens with one attached hydrogen (secondary N) is 1. The zero-order chi connectivity index (χ0) is 16.7. The fourth-order valence-electron chi connectivity index (χ4n) is 1.99. The molecular formula is C18H18N2O3. The second-order valence-corrected chi connectivity index (χ2v) is 4.87. The van der Waals surface area contributed by atoms with E-state index >= 15 is 0 Å². The molecule has 5 heteroatoms. The molecule has 0 saturated carbocycles. The van der Waals surface area contributed by atoms with Crippen LogP contribution in [0.1, 0.15) is 12.5 Å². The molecule has 2 aromatic rings. The van der Waals surface area contributed by atoms with Gasteiger partial charge in [0.05, 0.1) is 12.3 Å². The number of amides is 1. The van der Waals surface area contributed by atoms with E-state index in [2.05, 4.69) is 10.3 Å². The molecule has 0 aliphatic rings. The number of hydrogen-bond acceptors (Lipinski definition) is 4. The number of hydrogen-bond donors (Lipinski definition) is 1.